The lowest BCUT2D eigenvalue weighted by atomic mass is 9.92. The molecule has 1 aliphatic rings. The van der Waals surface area contributed by atoms with Gasteiger partial charge < -0.3 is 5.32 Å². The molecule has 0 unspecified atom stereocenters. The van der Waals surface area contributed by atoms with E-state index >= 15 is 0 Å². The van der Waals surface area contributed by atoms with Crippen LogP contribution in [-0.2, 0) is 6.42 Å². The highest BCUT2D eigenvalue weighted by atomic mass is 15.0. The molecule has 1 heterocycles. The van der Waals surface area contributed by atoms with Gasteiger partial charge in [-0.3, -0.25) is 0 Å². The molecule has 0 amide bonds. The van der Waals surface area contributed by atoms with Gasteiger partial charge in [0, 0.05) is 18.3 Å². The van der Waals surface area contributed by atoms with Crippen molar-refractivity contribution in [1.82, 2.24) is 9.97 Å². The number of aromatic nitrogens is 2. The summed E-state index contributed by atoms with van der Waals surface area (Å²) >= 11 is 0. The van der Waals surface area contributed by atoms with Gasteiger partial charge in [-0.05, 0) is 37.5 Å². The Morgan fingerprint density at radius 1 is 1.35 bits per heavy atom. The zero-order valence-electron chi connectivity index (χ0n) is 11.4. The van der Waals surface area contributed by atoms with E-state index < -0.39 is 0 Å². The van der Waals surface area contributed by atoms with Crippen molar-refractivity contribution in [3.63, 3.8) is 0 Å². The molecule has 1 aliphatic carbocycles. The predicted molar refractivity (Wildman–Crippen MR) is 71.1 cm³/mol. The van der Waals surface area contributed by atoms with Gasteiger partial charge in [-0.25, -0.2) is 9.97 Å². The molecule has 0 bridgehead atoms. The number of aryl methyl sites for hydroxylation is 2. The van der Waals surface area contributed by atoms with E-state index in [1.165, 1.54) is 12.8 Å². The van der Waals surface area contributed by atoms with E-state index in [9.17, 15) is 0 Å². The van der Waals surface area contributed by atoms with Crippen molar-refractivity contribution in [3.05, 3.63) is 17.6 Å². The van der Waals surface area contributed by atoms with Crippen LogP contribution in [0.3, 0.4) is 0 Å². The maximum absolute atomic E-state index is 4.45. The third-order valence-corrected chi connectivity index (χ3v) is 3.99. The Bertz CT molecular complexity index is 394. The summed E-state index contributed by atoms with van der Waals surface area (Å²) in [4.78, 5) is 8.85. The Kier molecular flexibility index (Phi) is 3.36. The second-order valence-corrected chi connectivity index (χ2v) is 5.52. The van der Waals surface area contributed by atoms with E-state index in [0.29, 0.717) is 5.41 Å². The van der Waals surface area contributed by atoms with Gasteiger partial charge in [0.05, 0.1) is 0 Å². The van der Waals surface area contributed by atoms with Gasteiger partial charge in [-0.15, -0.1) is 0 Å². The van der Waals surface area contributed by atoms with Crippen molar-refractivity contribution < 1.29 is 0 Å². The smallest absolute Gasteiger partial charge is 0.129 e. The summed E-state index contributed by atoms with van der Waals surface area (Å²) in [6.07, 6.45) is 3.66. The molecule has 1 saturated carbocycles. The molecule has 2 rings (SSSR count). The van der Waals surface area contributed by atoms with Gasteiger partial charge >= 0.3 is 0 Å². The lowest BCUT2D eigenvalue weighted by Gasteiger charge is -2.20. The highest BCUT2D eigenvalue weighted by Gasteiger charge is 2.44. The van der Waals surface area contributed by atoms with E-state index in [2.05, 4.69) is 42.1 Å². The van der Waals surface area contributed by atoms with Crippen LogP contribution in [0.15, 0.2) is 6.07 Å². The van der Waals surface area contributed by atoms with Gasteiger partial charge in [0.2, 0.25) is 0 Å². The third kappa shape index (κ3) is 2.76. The van der Waals surface area contributed by atoms with Gasteiger partial charge in [0.1, 0.15) is 11.6 Å². The largest absolute Gasteiger partial charge is 0.369 e. The lowest BCUT2D eigenvalue weighted by molar-refractivity contribution is 0.380. The Hall–Kier alpha value is -1.12. The molecule has 3 nitrogen and oxygen atoms in total. The number of hydrogen-bond acceptors (Lipinski definition) is 3. The molecule has 0 radical (unpaired) electrons. The minimum Gasteiger partial charge on any atom is -0.369 e. The van der Waals surface area contributed by atoms with E-state index in [1.54, 1.807) is 0 Å². The molecule has 0 saturated heterocycles. The number of anilines is 1. The van der Waals surface area contributed by atoms with Crippen molar-refractivity contribution in [2.75, 3.05) is 11.9 Å². The summed E-state index contributed by atoms with van der Waals surface area (Å²) < 4.78 is 0. The van der Waals surface area contributed by atoms with Crippen LogP contribution in [0.1, 0.15) is 45.1 Å². The Labute approximate surface area is 104 Å². The topological polar surface area (TPSA) is 37.8 Å². The molecule has 1 aromatic rings. The van der Waals surface area contributed by atoms with Gasteiger partial charge in [-0.1, -0.05) is 20.8 Å². The van der Waals surface area contributed by atoms with Crippen LogP contribution < -0.4 is 5.32 Å². The quantitative estimate of drug-likeness (QED) is 0.848. The third-order valence-electron chi connectivity index (χ3n) is 3.99. The van der Waals surface area contributed by atoms with Crippen molar-refractivity contribution >= 4 is 5.82 Å². The lowest BCUT2D eigenvalue weighted by Crippen LogP contribution is -2.21. The maximum Gasteiger partial charge on any atom is 0.129 e. The van der Waals surface area contributed by atoms with Crippen LogP contribution >= 0.6 is 0 Å². The first-order valence-corrected chi connectivity index (χ1v) is 6.64. The summed E-state index contributed by atoms with van der Waals surface area (Å²) in [5, 5.41) is 3.49. The highest BCUT2D eigenvalue weighted by molar-refractivity contribution is 5.36. The molecule has 1 aromatic heterocycles. The van der Waals surface area contributed by atoms with Crippen molar-refractivity contribution in [2.24, 2.45) is 11.3 Å². The second-order valence-electron chi connectivity index (χ2n) is 5.52. The van der Waals surface area contributed by atoms with Crippen molar-refractivity contribution in [2.45, 2.75) is 47.0 Å². The maximum atomic E-state index is 4.45. The van der Waals surface area contributed by atoms with Crippen LogP contribution in [0.5, 0.6) is 0 Å². The second kappa shape index (κ2) is 4.63. The van der Waals surface area contributed by atoms with Gasteiger partial charge in [0.15, 0.2) is 0 Å². The van der Waals surface area contributed by atoms with E-state index in [-0.39, 0.29) is 0 Å². The standard InChI is InChI=1S/C14H23N3/c1-5-12-8-13(17-11(4)16-12)15-9-14(6-7-14)10(2)3/h8,10H,5-7,9H2,1-4H3,(H,15,16,17). The summed E-state index contributed by atoms with van der Waals surface area (Å²) in [6, 6.07) is 2.07. The molecule has 0 aliphatic heterocycles. The summed E-state index contributed by atoms with van der Waals surface area (Å²) in [6.45, 7) is 9.76. The summed E-state index contributed by atoms with van der Waals surface area (Å²) in [5.41, 5.74) is 1.64. The van der Waals surface area contributed by atoms with Crippen molar-refractivity contribution in [1.29, 1.82) is 0 Å². The Morgan fingerprint density at radius 3 is 2.59 bits per heavy atom. The minimum absolute atomic E-state index is 0.519. The zero-order valence-corrected chi connectivity index (χ0v) is 11.4. The van der Waals surface area contributed by atoms with Crippen LogP contribution in [0.4, 0.5) is 5.82 Å². The first kappa shape index (κ1) is 12.3. The van der Waals surface area contributed by atoms with E-state index in [4.69, 9.17) is 0 Å². The summed E-state index contributed by atoms with van der Waals surface area (Å²) in [7, 11) is 0. The molecule has 1 fully saturated rings. The fourth-order valence-electron chi connectivity index (χ4n) is 2.29. The van der Waals surface area contributed by atoms with E-state index in [0.717, 1.165) is 36.2 Å². The van der Waals surface area contributed by atoms with Gasteiger partial charge in [0.25, 0.3) is 0 Å². The number of rotatable bonds is 5. The number of hydrogen-bond donors (Lipinski definition) is 1. The average Bonchev–Trinajstić information content (AvgIpc) is 3.06. The summed E-state index contributed by atoms with van der Waals surface area (Å²) in [5.74, 6) is 2.60. The fraction of sp³-hybridized carbons (Fsp3) is 0.714. The predicted octanol–water partition coefficient (Wildman–Crippen LogP) is 3.20. The molecule has 94 valence electrons. The Morgan fingerprint density at radius 2 is 2.06 bits per heavy atom. The number of nitrogens with zero attached hydrogens (tertiary/aromatic N) is 2. The Balaban J connectivity index is 2.02. The minimum atomic E-state index is 0.519. The molecule has 0 aromatic carbocycles. The molecular formula is C14H23N3. The first-order valence-electron chi connectivity index (χ1n) is 6.64. The molecule has 0 spiro atoms. The monoisotopic (exact) mass is 233 g/mol. The molecule has 3 heteroatoms. The van der Waals surface area contributed by atoms with Crippen LogP contribution in [-0.4, -0.2) is 16.5 Å². The highest BCUT2D eigenvalue weighted by Crippen LogP contribution is 2.51. The zero-order chi connectivity index (χ0) is 12.5. The van der Waals surface area contributed by atoms with Crippen molar-refractivity contribution in [3.8, 4) is 0 Å². The average molecular weight is 233 g/mol. The van der Waals surface area contributed by atoms with Crippen LogP contribution in [0.2, 0.25) is 0 Å². The fourth-order valence-corrected chi connectivity index (χ4v) is 2.29. The molecule has 17 heavy (non-hydrogen) atoms. The van der Waals surface area contributed by atoms with Gasteiger partial charge in [-0.2, -0.15) is 0 Å². The first-order chi connectivity index (χ1) is 8.05. The molecule has 1 N–H and O–H groups in total. The number of nitrogens with one attached hydrogen (secondary N) is 1. The van der Waals surface area contributed by atoms with Crippen LogP contribution in [0, 0.1) is 18.3 Å². The molecular weight excluding hydrogens is 210 g/mol. The van der Waals surface area contributed by atoms with Crippen LogP contribution in [0.25, 0.3) is 0 Å². The normalized spacial score (nSPS) is 17.2. The molecule has 0 atom stereocenters. The SMILES string of the molecule is CCc1cc(NCC2(C(C)C)CC2)nc(C)n1. The van der Waals surface area contributed by atoms with E-state index in [1.807, 2.05) is 6.92 Å².